The van der Waals surface area contributed by atoms with Crippen molar-refractivity contribution in [1.29, 1.82) is 0 Å². The minimum Gasteiger partial charge on any atom is -0.360 e. The number of nitrogens with zero attached hydrogens (tertiary/aromatic N) is 2. The molecule has 0 aromatic carbocycles. The molecule has 0 aliphatic rings. The third-order valence-corrected chi connectivity index (χ3v) is 2.16. The summed E-state index contributed by atoms with van der Waals surface area (Å²) in [4.78, 5) is 13.6. The summed E-state index contributed by atoms with van der Waals surface area (Å²) >= 11 is 0. The van der Waals surface area contributed by atoms with E-state index in [1.165, 1.54) is 0 Å². The van der Waals surface area contributed by atoms with Crippen molar-refractivity contribution in [1.82, 2.24) is 15.4 Å². The molecule has 0 aliphatic heterocycles. The molecule has 6 nitrogen and oxygen atoms in total. The summed E-state index contributed by atoms with van der Waals surface area (Å²) in [6.07, 6.45) is 0.430. The van der Waals surface area contributed by atoms with Gasteiger partial charge >= 0.3 is 0 Å². The van der Waals surface area contributed by atoms with Gasteiger partial charge in [-0.1, -0.05) is 5.16 Å². The molecule has 0 atom stereocenters. The smallest absolute Gasteiger partial charge is 0.226 e. The SMILES string of the molecule is Cc1cc(NC(=O)CCNCCN(C)C)no1. The third-order valence-electron chi connectivity index (χ3n) is 2.16. The van der Waals surface area contributed by atoms with Crippen molar-refractivity contribution in [3.63, 3.8) is 0 Å². The summed E-state index contributed by atoms with van der Waals surface area (Å²) in [6.45, 7) is 4.29. The molecule has 0 spiro atoms. The monoisotopic (exact) mass is 240 g/mol. The number of carbonyl (C=O) groups is 1. The van der Waals surface area contributed by atoms with Crippen LogP contribution in [0.3, 0.4) is 0 Å². The van der Waals surface area contributed by atoms with Gasteiger partial charge in [0.05, 0.1) is 0 Å². The van der Waals surface area contributed by atoms with Crippen LogP contribution in [0.15, 0.2) is 10.6 Å². The van der Waals surface area contributed by atoms with Gasteiger partial charge in [0.1, 0.15) is 5.76 Å². The Morgan fingerprint density at radius 3 is 2.82 bits per heavy atom. The van der Waals surface area contributed by atoms with Gasteiger partial charge in [0, 0.05) is 32.1 Å². The summed E-state index contributed by atoms with van der Waals surface area (Å²) in [7, 11) is 4.03. The first kappa shape index (κ1) is 13.7. The lowest BCUT2D eigenvalue weighted by Crippen LogP contribution is -2.29. The van der Waals surface area contributed by atoms with Crippen molar-refractivity contribution in [3.8, 4) is 0 Å². The number of amides is 1. The standard InChI is InChI=1S/C11H20N4O2/c1-9-8-10(14-17-9)13-11(16)4-5-12-6-7-15(2)3/h8,12H,4-7H2,1-3H3,(H,13,14,16). The zero-order valence-electron chi connectivity index (χ0n) is 10.6. The Morgan fingerprint density at radius 1 is 1.47 bits per heavy atom. The fraction of sp³-hybridized carbons (Fsp3) is 0.636. The van der Waals surface area contributed by atoms with Crippen molar-refractivity contribution in [2.75, 3.05) is 39.0 Å². The molecular weight excluding hydrogens is 220 g/mol. The molecule has 0 aliphatic carbocycles. The molecule has 1 heterocycles. The highest BCUT2D eigenvalue weighted by Gasteiger charge is 2.05. The van der Waals surface area contributed by atoms with Gasteiger partial charge in [0.15, 0.2) is 5.82 Å². The molecule has 2 N–H and O–H groups in total. The van der Waals surface area contributed by atoms with E-state index in [9.17, 15) is 4.79 Å². The van der Waals surface area contributed by atoms with Crippen LogP contribution in [0.4, 0.5) is 5.82 Å². The molecule has 0 saturated heterocycles. The molecule has 6 heteroatoms. The summed E-state index contributed by atoms with van der Waals surface area (Å²) in [5, 5.41) is 9.55. The van der Waals surface area contributed by atoms with Gasteiger partial charge in [-0.2, -0.15) is 0 Å². The molecular formula is C11H20N4O2. The second-order valence-electron chi connectivity index (χ2n) is 4.17. The predicted octanol–water partition coefficient (Wildman–Crippen LogP) is 0.463. The molecule has 1 aromatic heterocycles. The topological polar surface area (TPSA) is 70.4 Å². The van der Waals surface area contributed by atoms with Gasteiger partial charge in [-0.25, -0.2) is 0 Å². The largest absolute Gasteiger partial charge is 0.360 e. The molecule has 0 unspecified atom stereocenters. The zero-order valence-corrected chi connectivity index (χ0v) is 10.6. The number of anilines is 1. The molecule has 1 amide bonds. The van der Waals surface area contributed by atoms with E-state index < -0.39 is 0 Å². The Kier molecular flexibility index (Phi) is 5.65. The van der Waals surface area contributed by atoms with Crippen LogP contribution in [0.1, 0.15) is 12.2 Å². The van der Waals surface area contributed by atoms with E-state index in [2.05, 4.69) is 20.7 Å². The van der Waals surface area contributed by atoms with Crippen LogP contribution in [0.25, 0.3) is 0 Å². The molecule has 1 rings (SSSR count). The van der Waals surface area contributed by atoms with Crippen molar-refractivity contribution < 1.29 is 9.32 Å². The van der Waals surface area contributed by atoms with Crippen molar-refractivity contribution in [3.05, 3.63) is 11.8 Å². The minimum absolute atomic E-state index is 0.0596. The average Bonchev–Trinajstić information content (AvgIpc) is 2.63. The van der Waals surface area contributed by atoms with Gasteiger partial charge in [-0.05, 0) is 21.0 Å². The zero-order chi connectivity index (χ0) is 12.7. The van der Waals surface area contributed by atoms with E-state index in [1.807, 2.05) is 14.1 Å². The third kappa shape index (κ3) is 6.03. The Bertz CT molecular complexity index is 349. The first-order valence-corrected chi connectivity index (χ1v) is 5.66. The van der Waals surface area contributed by atoms with Crippen LogP contribution < -0.4 is 10.6 Å². The number of aromatic nitrogens is 1. The maximum atomic E-state index is 11.5. The summed E-state index contributed by atoms with van der Waals surface area (Å²) < 4.78 is 4.85. The van der Waals surface area contributed by atoms with Crippen molar-refractivity contribution >= 4 is 11.7 Å². The molecule has 0 radical (unpaired) electrons. The highest BCUT2D eigenvalue weighted by molar-refractivity contribution is 5.89. The van der Waals surface area contributed by atoms with Crippen molar-refractivity contribution in [2.45, 2.75) is 13.3 Å². The van der Waals surface area contributed by atoms with E-state index in [1.54, 1.807) is 13.0 Å². The number of hydrogen-bond donors (Lipinski definition) is 2. The normalized spacial score (nSPS) is 10.8. The van der Waals surface area contributed by atoms with E-state index in [0.29, 0.717) is 24.5 Å². The van der Waals surface area contributed by atoms with Gasteiger partial charge < -0.3 is 20.1 Å². The summed E-state index contributed by atoms with van der Waals surface area (Å²) in [6, 6.07) is 1.69. The first-order chi connectivity index (χ1) is 8.08. The van der Waals surface area contributed by atoms with Crippen LogP contribution >= 0.6 is 0 Å². The fourth-order valence-corrected chi connectivity index (χ4v) is 1.26. The summed E-state index contributed by atoms with van der Waals surface area (Å²) in [5.41, 5.74) is 0. The Balaban J connectivity index is 2.09. The highest BCUT2D eigenvalue weighted by atomic mass is 16.5. The van der Waals surface area contributed by atoms with E-state index in [4.69, 9.17) is 4.52 Å². The lowest BCUT2D eigenvalue weighted by Gasteiger charge is -2.09. The maximum Gasteiger partial charge on any atom is 0.226 e. The second-order valence-corrected chi connectivity index (χ2v) is 4.17. The van der Waals surface area contributed by atoms with Gasteiger partial charge in [-0.15, -0.1) is 0 Å². The number of aryl methyl sites for hydroxylation is 1. The van der Waals surface area contributed by atoms with Crippen molar-refractivity contribution in [2.24, 2.45) is 0 Å². The maximum absolute atomic E-state index is 11.5. The Hall–Kier alpha value is -1.40. The highest BCUT2D eigenvalue weighted by Crippen LogP contribution is 2.06. The molecule has 96 valence electrons. The lowest BCUT2D eigenvalue weighted by molar-refractivity contribution is -0.116. The average molecular weight is 240 g/mol. The van der Waals surface area contributed by atoms with Crippen LogP contribution in [0.2, 0.25) is 0 Å². The van der Waals surface area contributed by atoms with Crippen LogP contribution in [0, 0.1) is 6.92 Å². The first-order valence-electron chi connectivity index (χ1n) is 5.66. The van der Waals surface area contributed by atoms with E-state index in [-0.39, 0.29) is 5.91 Å². The van der Waals surface area contributed by atoms with Gasteiger partial charge in [0.25, 0.3) is 0 Å². The van der Waals surface area contributed by atoms with E-state index in [0.717, 1.165) is 13.1 Å². The number of nitrogens with one attached hydrogen (secondary N) is 2. The second kappa shape index (κ2) is 7.03. The van der Waals surface area contributed by atoms with Crippen LogP contribution in [-0.4, -0.2) is 49.7 Å². The van der Waals surface area contributed by atoms with Crippen LogP contribution in [-0.2, 0) is 4.79 Å². The Morgan fingerprint density at radius 2 is 2.24 bits per heavy atom. The van der Waals surface area contributed by atoms with Gasteiger partial charge in [-0.3, -0.25) is 4.79 Å². The molecule has 0 fully saturated rings. The van der Waals surface area contributed by atoms with Gasteiger partial charge in [0.2, 0.25) is 5.91 Å². The van der Waals surface area contributed by atoms with E-state index >= 15 is 0 Å². The lowest BCUT2D eigenvalue weighted by atomic mass is 10.4. The fourth-order valence-electron chi connectivity index (χ4n) is 1.26. The van der Waals surface area contributed by atoms with Crippen LogP contribution in [0.5, 0.6) is 0 Å². The Labute approximate surface area is 101 Å². The number of likely N-dealkylation sites (N-methyl/N-ethyl adjacent to an activating group) is 1. The quantitative estimate of drug-likeness (QED) is 0.678. The molecule has 0 saturated carbocycles. The minimum atomic E-state index is -0.0596. The molecule has 0 bridgehead atoms. The summed E-state index contributed by atoms with van der Waals surface area (Å²) in [5.74, 6) is 1.10. The predicted molar refractivity (Wildman–Crippen MR) is 65.9 cm³/mol. The number of carbonyl (C=O) groups excluding carboxylic acids is 1. The molecule has 1 aromatic rings. The number of hydrogen-bond acceptors (Lipinski definition) is 5. The molecule has 17 heavy (non-hydrogen) atoms. The number of rotatable bonds is 7.